The van der Waals surface area contributed by atoms with Crippen LogP contribution in [0.4, 0.5) is 10.2 Å². The summed E-state index contributed by atoms with van der Waals surface area (Å²) in [6.45, 7) is 4.85. The molecule has 2 unspecified atom stereocenters. The van der Waals surface area contributed by atoms with Crippen molar-refractivity contribution in [3.63, 3.8) is 0 Å². The van der Waals surface area contributed by atoms with Gasteiger partial charge in [-0.1, -0.05) is 43.4 Å². The molecule has 0 aliphatic rings. The van der Waals surface area contributed by atoms with Gasteiger partial charge in [0, 0.05) is 30.4 Å². The number of amides is 1. The van der Waals surface area contributed by atoms with Gasteiger partial charge in [-0.3, -0.25) is 9.78 Å². The molecule has 10 heteroatoms. The van der Waals surface area contributed by atoms with Crippen LogP contribution in [0, 0.1) is 11.7 Å². The van der Waals surface area contributed by atoms with Crippen LogP contribution in [0.5, 0.6) is 5.19 Å². The third-order valence-corrected chi connectivity index (χ3v) is 6.67. The van der Waals surface area contributed by atoms with Gasteiger partial charge in [0.15, 0.2) is 5.82 Å². The molecular weight excluding hydrogens is 455 g/mol. The van der Waals surface area contributed by atoms with Crippen molar-refractivity contribution in [2.75, 3.05) is 26.0 Å². The molecule has 34 heavy (non-hydrogen) atoms. The summed E-state index contributed by atoms with van der Waals surface area (Å²) in [7, 11) is 3.07. The van der Waals surface area contributed by atoms with E-state index >= 15 is 0 Å². The van der Waals surface area contributed by atoms with E-state index in [1.165, 1.54) is 24.7 Å². The molecule has 0 radical (unpaired) electrons. The highest BCUT2D eigenvalue weighted by Crippen LogP contribution is 2.32. The number of carbonyl (C=O) groups is 1. The summed E-state index contributed by atoms with van der Waals surface area (Å²) in [4.78, 5) is 29.6. The lowest BCUT2D eigenvalue weighted by Crippen LogP contribution is -2.21. The fourth-order valence-corrected chi connectivity index (χ4v) is 4.39. The number of pyridine rings is 1. The molecule has 3 aromatic heterocycles. The fraction of sp³-hybridized carbons (Fsp3) is 0.292. The Morgan fingerprint density at radius 1 is 1.21 bits per heavy atom. The van der Waals surface area contributed by atoms with Crippen molar-refractivity contribution in [1.82, 2.24) is 25.3 Å². The minimum Gasteiger partial charge on any atom is -0.473 e. The molecule has 0 bridgehead atoms. The van der Waals surface area contributed by atoms with Crippen LogP contribution in [-0.4, -0.2) is 46.5 Å². The quantitative estimate of drug-likeness (QED) is 0.383. The number of para-hydroxylation sites is 1. The van der Waals surface area contributed by atoms with Crippen LogP contribution in [0.1, 0.15) is 35.7 Å². The van der Waals surface area contributed by atoms with Gasteiger partial charge in [0.1, 0.15) is 17.8 Å². The lowest BCUT2D eigenvalue weighted by Gasteiger charge is -2.22. The molecule has 176 valence electrons. The molecule has 1 aromatic carbocycles. The zero-order valence-corrected chi connectivity index (χ0v) is 20.1. The van der Waals surface area contributed by atoms with E-state index in [1.54, 1.807) is 13.2 Å². The Labute approximate surface area is 200 Å². The van der Waals surface area contributed by atoms with Crippen LogP contribution in [0.15, 0.2) is 42.2 Å². The molecular formula is C24H25FN6O2S. The molecule has 4 aromatic rings. The van der Waals surface area contributed by atoms with Crippen molar-refractivity contribution < 1.29 is 13.9 Å². The van der Waals surface area contributed by atoms with E-state index in [1.807, 2.05) is 23.6 Å². The second-order valence-electron chi connectivity index (χ2n) is 7.94. The van der Waals surface area contributed by atoms with E-state index in [2.05, 4.69) is 44.4 Å². The lowest BCUT2D eigenvalue weighted by molar-refractivity contribution is 0.0960. The highest BCUT2D eigenvalue weighted by atomic mass is 32.1. The molecule has 2 N–H and O–H groups in total. The normalized spacial score (nSPS) is 12.9. The van der Waals surface area contributed by atoms with E-state index in [0.717, 1.165) is 17.5 Å². The van der Waals surface area contributed by atoms with Gasteiger partial charge >= 0.3 is 0 Å². The number of ether oxygens (including phenoxy) is 1. The van der Waals surface area contributed by atoms with Gasteiger partial charge in [-0.05, 0) is 17.4 Å². The van der Waals surface area contributed by atoms with E-state index in [0.29, 0.717) is 34.2 Å². The Bertz CT molecular complexity index is 1330. The first kappa shape index (κ1) is 23.5. The smallest absolute Gasteiger partial charge is 0.273 e. The molecule has 8 nitrogen and oxygen atoms in total. The molecule has 0 saturated carbocycles. The van der Waals surface area contributed by atoms with E-state index in [4.69, 9.17) is 4.74 Å². The molecule has 0 spiro atoms. The van der Waals surface area contributed by atoms with Crippen molar-refractivity contribution in [2.45, 2.75) is 19.8 Å². The van der Waals surface area contributed by atoms with Crippen LogP contribution in [0.2, 0.25) is 0 Å². The monoisotopic (exact) mass is 480 g/mol. The maximum atomic E-state index is 14.4. The number of anilines is 1. The van der Waals surface area contributed by atoms with Crippen molar-refractivity contribution in [2.24, 2.45) is 5.92 Å². The Balaban J connectivity index is 1.53. The number of methoxy groups -OCH3 is 1. The Kier molecular flexibility index (Phi) is 6.97. The minimum absolute atomic E-state index is 0.0134. The van der Waals surface area contributed by atoms with Crippen molar-refractivity contribution in [1.29, 1.82) is 0 Å². The molecule has 1 amide bonds. The SMILES string of the molecule is CNC(=O)c1c(F)cnc2c(C(C)C(C)CNc3cc(-c4csc(OC)n4)ncn3)cccc12. The molecule has 0 aliphatic carbocycles. The zero-order valence-electron chi connectivity index (χ0n) is 19.3. The third kappa shape index (κ3) is 4.67. The average molecular weight is 481 g/mol. The van der Waals surface area contributed by atoms with Crippen molar-refractivity contribution in [3.8, 4) is 16.6 Å². The van der Waals surface area contributed by atoms with Crippen LogP contribution < -0.4 is 15.4 Å². The van der Waals surface area contributed by atoms with E-state index in [9.17, 15) is 9.18 Å². The average Bonchev–Trinajstić information content (AvgIpc) is 3.35. The van der Waals surface area contributed by atoms with E-state index in [-0.39, 0.29) is 17.4 Å². The van der Waals surface area contributed by atoms with Crippen molar-refractivity contribution in [3.05, 3.63) is 59.1 Å². The van der Waals surface area contributed by atoms with Gasteiger partial charge in [-0.25, -0.2) is 19.3 Å². The molecule has 2 atom stereocenters. The number of thiazole rings is 1. The largest absolute Gasteiger partial charge is 0.473 e. The highest BCUT2D eigenvalue weighted by molar-refractivity contribution is 7.11. The Hall–Kier alpha value is -3.66. The van der Waals surface area contributed by atoms with E-state index < -0.39 is 11.7 Å². The fourth-order valence-electron chi connectivity index (χ4n) is 3.76. The van der Waals surface area contributed by atoms with Crippen LogP contribution in [0.3, 0.4) is 0 Å². The van der Waals surface area contributed by atoms with Crippen LogP contribution in [-0.2, 0) is 0 Å². The number of carbonyl (C=O) groups excluding carboxylic acids is 1. The summed E-state index contributed by atoms with van der Waals surface area (Å²) >= 11 is 1.41. The summed E-state index contributed by atoms with van der Waals surface area (Å²) < 4.78 is 19.5. The van der Waals surface area contributed by atoms with Crippen LogP contribution >= 0.6 is 11.3 Å². The first-order valence-electron chi connectivity index (χ1n) is 10.8. The predicted octanol–water partition coefficient (Wildman–Crippen LogP) is 4.51. The van der Waals surface area contributed by atoms with Gasteiger partial charge in [-0.2, -0.15) is 0 Å². The molecule has 0 aliphatic heterocycles. The molecule has 3 heterocycles. The molecule has 4 rings (SSSR count). The number of aromatic nitrogens is 4. The first-order valence-corrected chi connectivity index (χ1v) is 11.7. The topological polar surface area (TPSA) is 102 Å². The number of benzene rings is 1. The van der Waals surface area contributed by atoms with Gasteiger partial charge in [-0.15, -0.1) is 0 Å². The number of hydrogen-bond acceptors (Lipinski definition) is 8. The Morgan fingerprint density at radius 3 is 2.76 bits per heavy atom. The summed E-state index contributed by atoms with van der Waals surface area (Å²) in [5.41, 5.74) is 3.03. The number of hydrogen-bond donors (Lipinski definition) is 2. The number of nitrogens with zero attached hydrogens (tertiary/aromatic N) is 4. The third-order valence-electron chi connectivity index (χ3n) is 5.87. The Morgan fingerprint density at radius 2 is 2.03 bits per heavy atom. The molecule has 0 saturated heterocycles. The molecule has 0 fully saturated rings. The van der Waals surface area contributed by atoms with Crippen LogP contribution in [0.25, 0.3) is 22.3 Å². The van der Waals surface area contributed by atoms with Gasteiger partial charge in [0.2, 0.25) is 0 Å². The first-order chi connectivity index (χ1) is 16.4. The second kappa shape index (κ2) is 10.1. The van der Waals surface area contributed by atoms with Gasteiger partial charge < -0.3 is 15.4 Å². The van der Waals surface area contributed by atoms with Crippen molar-refractivity contribution >= 4 is 34.0 Å². The number of nitrogens with one attached hydrogen (secondary N) is 2. The lowest BCUT2D eigenvalue weighted by atomic mass is 9.87. The summed E-state index contributed by atoms with van der Waals surface area (Å²) in [5.74, 6) is -0.157. The summed E-state index contributed by atoms with van der Waals surface area (Å²) in [6, 6.07) is 7.38. The zero-order chi connectivity index (χ0) is 24.2. The number of halogens is 1. The predicted molar refractivity (Wildman–Crippen MR) is 131 cm³/mol. The summed E-state index contributed by atoms with van der Waals surface area (Å²) in [5, 5.41) is 8.84. The second-order valence-corrected chi connectivity index (χ2v) is 8.76. The summed E-state index contributed by atoms with van der Waals surface area (Å²) in [6.07, 6.45) is 2.61. The van der Waals surface area contributed by atoms with Gasteiger partial charge in [0.05, 0.1) is 30.1 Å². The number of fused-ring (bicyclic) bond motifs is 1. The standard InChI is InChI=1S/C24H25FN6O2S/c1-13(9-27-20-8-18(29-12-30-20)19-11-34-24(31-19)33-4)14(2)15-6-5-7-16-21(23(32)26-3)17(25)10-28-22(15)16/h5-8,10-14H,9H2,1-4H3,(H,26,32)(H,27,29,30). The minimum atomic E-state index is -0.635. The maximum absolute atomic E-state index is 14.4. The van der Waals surface area contributed by atoms with Gasteiger partial charge in [0.25, 0.3) is 11.1 Å². The maximum Gasteiger partial charge on any atom is 0.273 e. The highest BCUT2D eigenvalue weighted by Gasteiger charge is 2.22. The number of rotatable bonds is 8.